The van der Waals surface area contributed by atoms with Crippen LogP contribution in [-0.4, -0.2) is 35.7 Å². The first kappa shape index (κ1) is 10.7. The monoisotopic (exact) mass is 245 g/mol. The molecule has 1 N–H and O–H groups in total. The first-order valence-corrected chi connectivity index (χ1v) is 6.89. The van der Waals surface area contributed by atoms with Crippen molar-refractivity contribution >= 4 is 0 Å². The second-order valence-corrected chi connectivity index (χ2v) is 6.13. The third kappa shape index (κ3) is 1.23. The van der Waals surface area contributed by atoms with E-state index in [0.717, 1.165) is 12.3 Å². The number of piperidine rings is 1. The average molecular weight is 245 g/mol. The minimum atomic E-state index is 0.170. The summed E-state index contributed by atoms with van der Waals surface area (Å²) in [6.45, 7) is 1.01. The minimum absolute atomic E-state index is 0.170. The van der Waals surface area contributed by atoms with Crippen molar-refractivity contribution in [2.45, 2.75) is 43.2 Å². The Bertz CT molecular complexity index is 501. The van der Waals surface area contributed by atoms with Crippen molar-refractivity contribution in [1.29, 1.82) is 0 Å². The molecule has 3 heteroatoms. The Morgan fingerprint density at radius 3 is 3.22 bits per heavy atom. The zero-order valence-corrected chi connectivity index (χ0v) is 10.7. The van der Waals surface area contributed by atoms with Gasteiger partial charge >= 0.3 is 0 Å². The van der Waals surface area contributed by atoms with Crippen LogP contribution in [0.2, 0.25) is 0 Å². The van der Waals surface area contributed by atoms with Crippen molar-refractivity contribution < 1.29 is 9.84 Å². The molecule has 0 amide bonds. The normalized spacial score (nSPS) is 37.8. The Kier molecular flexibility index (Phi) is 2.03. The van der Waals surface area contributed by atoms with E-state index < -0.39 is 0 Å². The minimum Gasteiger partial charge on any atom is -0.508 e. The molecule has 1 saturated heterocycles. The lowest BCUT2D eigenvalue weighted by Gasteiger charge is -2.50. The van der Waals surface area contributed by atoms with E-state index in [1.165, 1.54) is 31.2 Å². The molecule has 18 heavy (non-hydrogen) atoms. The van der Waals surface area contributed by atoms with E-state index in [9.17, 15) is 5.11 Å². The Hall–Kier alpha value is -1.22. The number of phenolic OH excluding ortho intramolecular Hbond substituents is 1. The molecular formula is C15H19NO2. The van der Waals surface area contributed by atoms with Crippen molar-refractivity contribution in [3.63, 3.8) is 0 Å². The molecule has 3 nitrogen and oxygen atoms in total. The number of hydrogen-bond acceptors (Lipinski definition) is 3. The van der Waals surface area contributed by atoms with Crippen LogP contribution in [0.5, 0.6) is 11.5 Å². The van der Waals surface area contributed by atoms with E-state index >= 15 is 0 Å². The van der Waals surface area contributed by atoms with Gasteiger partial charge in [0.05, 0.1) is 0 Å². The maximum atomic E-state index is 9.77. The quantitative estimate of drug-likeness (QED) is 0.761. The molecule has 1 aliphatic carbocycles. The first-order chi connectivity index (χ1) is 8.69. The van der Waals surface area contributed by atoms with Gasteiger partial charge in [-0.25, -0.2) is 0 Å². The van der Waals surface area contributed by atoms with Crippen LogP contribution in [0.25, 0.3) is 0 Å². The van der Waals surface area contributed by atoms with E-state index in [-0.39, 0.29) is 11.5 Å². The van der Waals surface area contributed by atoms with Crippen LogP contribution in [0, 0.1) is 0 Å². The molecule has 4 rings (SSSR count). The third-order valence-corrected chi connectivity index (χ3v) is 5.22. The topological polar surface area (TPSA) is 32.7 Å². The second-order valence-electron chi connectivity index (χ2n) is 6.13. The van der Waals surface area contributed by atoms with E-state index in [1.54, 1.807) is 6.07 Å². The molecule has 2 aliphatic heterocycles. The highest BCUT2D eigenvalue weighted by Gasteiger charge is 2.55. The van der Waals surface area contributed by atoms with Crippen molar-refractivity contribution in [1.82, 2.24) is 4.90 Å². The summed E-state index contributed by atoms with van der Waals surface area (Å²) in [4.78, 5) is 2.45. The van der Waals surface area contributed by atoms with Gasteiger partial charge in [-0.1, -0.05) is 6.42 Å². The Morgan fingerprint density at radius 2 is 2.33 bits per heavy atom. The summed E-state index contributed by atoms with van der Waals surface area (Å²) in [5, 5.41) is 9.77. The number of benzene rings is 1. The smallest absolute Gasteiger partial charge is 0.124 e. The van der Waals surface area contributed by atoms with Crippen molar-refractivity contribution in [3.05, 3.63) is 23.8 Å². The zero-order chi connectivity index (χ0) is 12.3. The number of hydrogen-bond donors (Lipinski definition) is 1. The lowest BCUT2D eigenvalue weighted by atomic mass is 9.63. The van der Waals surface area contributed by atoms with E-state index in [4.69, 9.17) is 4.74 Å². The van der Waals surface area contributed by atoms with Gasteiger partial charge in [-0.05, 0) is 44.5 Å². The summed E-state index contributed by atoms with van der Waals surface area (Å²) >= 11 is 0. The number of nitrogens with zero attached hydrogens (tertiary/aromatic N) is 1. The lowest BCUT2D eigenvalue weighted by Crippen LogP contribution is -2.58. The van der Waals surface area contributed by atoms with Gasteiger partial charge in [-0.2, -0.15) is 0 Å². The van der Waals surface area contributed by atoms with E-state index in [2.05, 4.69) is 11.9 Å². The molecule has 0 radical (unpaired) electrons. The predicted octanol–water partition coefficient (Wildman–Crippen LogP) is 2.28. The van der Waals surface area contributed by atoms with Crippen LogP contribution in [0.15, 0.2) is 18.2 Å². The highest BCUT2D eigenvalue weighted by molar-refractivity contribution is 5.50. The van der Waals surface area contributed by atoms with Gasteiger partial charge in [0.2, 0.25) is 0 Å². The summed E-state index contributed by atoms with van der Waals surface area (Å²) in [6.07, 6.45) is 5.24. The van der Waals surface area contributed by atoms with Crippen molar-refractivity contribution in [3.8, 4) is 11.5 Å². The summed E-state index contributed by atoms with van der Waals surface area (Å²) in [5.74, 6) is 1.36. The van der Waals surface area contributed by atoms with Crippen LogP contribution < -0.4 is 4.74 Å². The standard InChI is InChI=1S/C15H19NO2/c1-16-9-14-15(6-2-3-10(16)8-15)12-7-11(17)4-5-13(12)18-14/h4-5,7,10,14,17H,2-3,6,8-9H2,1H3/t10-,14-,15+/m0/s1. The Balaban J connectivity index is 1.85. The zero-order valence-electron chi connectivity index (χ0n) is 10.7. The number of rotatable bonds is 0. The SMILES string of the molecule is CN1C[C@@H]2Oc3ccc(O)cc3[C@]23CCC[C@H]1C3. The summed E-state index contributed by atoms with van der Waals surface area (Å²) in [6, 6.07) is 6.29. The van der Waals surface area contributed by atoms with Gasteiger partial charge in [-0.15, -0.1) is 0 Å². The molecule has 1 saturated carbocycles. The molecule has 1 spiro atoms. The second kappa shape index (κ2) is 3.41. The van der Waals surface area contributed by atoms with E-state index in [1.807, 2.05) is 12.1 Å². The van der Waals surface area contributed by atoms with Gasteiger partial charge in [-0.3, -0.25) is 4.90 Å². The molecule has 2 heterocycles. The summed E-state index contributed by atoms with van der Waals surface area (Å²) in [7, 11) is 2.21. The van der Waals surface area contributed by atoms with Gasteiger partial charge in [0.15, 0.2) is 0 Å². The summed E-state index contributed by atoms with van der Waals surface area (Å²) in [5.41, 5.74) is 1.43. The third-order valence-electron chi connectivity index (χ3n) is 5.22. The van der Waals surface area contributed by atoms with Crippen LogP contribution >= 0.6 is 0 Å². The van der Waals surface area contributed by atoms with Crippen LogP contribution in [0.4, 0.5) is 0 Å². The van der Waals surface area contributed by atoms with Crippen LogP contribution in [0.3, 0.4) is 0 Å². The van der Waals surface area contributed by atoms with Crippen molar-refractivity contribution in [2.24, 2.45) is 0 Å². The van der Waals surface area contributed by atoms with E-state index in [0.29, 0.717) is 11.8 Å². The maximum Gasteiger partial charge on any atom is 0.124 e. The highest BCUT2D eigenvalue weighted by Crippen LogP contribution is 2.55. The molecule has 96 valence electrons. The molecule has 2 fully saturated rings. The fourth-order valence-electron chi connectivity index (χ4n) is 4.26. The van der Waals surface area contributed by atoms with Crippen LogP contribution in [0.1, 0.15) is 31.2 Å². The fourth-order valence-corrected chi connectivity index (χ4v) is 4.26. The van der Waals surface area contributed by atoms with Crippen LogP contribution in [-0.2, 0) is 5.41 Å². The molecule has 1 aromatic carbocycles. The van der Waals surface area contributed by atoms with Gasteiger partial charge in [0.25, 0.3) is 0 Å². The highest BCUT2D eigenvalue weighted by atomic mass is 16.5. The molecule has 0 aromatic heterocycles. The lowest BCUT2D eigenvalue weighted by molar-refractivity contribution is -0.00863. The Labute approximate surface area is 107 Å². The number of fused-ring (bicyclic) bond motifs is 2. The molecule has 2 bridgehead atoms. The Morgan fingerprint density at radius 1 is 1.44 bits per heavy atom. The number of likely N-dealkylation sites (tertiary alicyclic amines) is 1. The van der Waals surface area contributed by atoms with Gasteiger partial charge in [0.1, 0.15) is 17.6 Å². The number of ether oxygens (including phenoxy) is 1. The average Bonchev–Trinajstić information content (AvgIpc) is 2.64. The molecular weight excluding hydrogens is 226 g/mol. The molecule has 0 unspecified atom stereocenters. The fraction of sp³-hybridized carbons (Fsp3) is 0.600. The largest absolute Gasteiger partial charge is 0.508 e. The predicted molar refractivity (Wildman–Crippen MR) is 69.1 cm³/mol. The number of aromatic hydroxyl groups is 1. The van der Waals surface area contributed by atoms with Crippen molar-refractivity contribution in [2.75, 3.05) is 13.6 Å². The number of phenols is 1. The molecule has 3 atom stereocenters. The molecule has 1 aromatic rings. The molecule has 3 aliphatic rings. The van der Waals surface area contributed by atoms with Gasteiger partial charge < -0.3 is 9.84 Å². The van der Waals surface area contributed by atoms with Gasteiger partial charge in [0, 0.05) is 23.6 Å². The first-order valence-electron chi connectivity index (χ1n) is 6.89. The maximum absolute atomic E-state index is 9.77. The number of likely N-dealkylation sites (N-methyl/N-ethyl adjacent to an activating group) is 1. The summed E-state index contributed by atoms with van der Waals surface area (Å²) < 4.78 is 6.16.